The molecule has 0 spiro atoms. The number of hydrogen-bond donors (Lipinski definition) is 1. The minimum Gasteiger partial charge on any atom is -0.495 e. The first-order valence-corrected chi connectivity index (χ1v) is 9.75. The van der Waals surface area contributed by atoms with E-state index in [0.29, 0.717) is 27.2 Å². The van der Waals surface area contributed by atoms with Crippen molar-refractivity contribution >= 4 is 62.3 Å². The second-order valence-electron chi connectivity index (χ2n) is 6.29. The average molecular weight is 472 g/mol. The highest BCUT2D eigenvalue weighted by Gasteiger charge is 2.36. The van der Waals surface area contributed by atoms with Crippen LogP contribution in [-0.2, 0) is 9.59 Å². The first-order chi connectivity index (χ1) is 12.8. The standard InChI is InChI=1S/C19H17BrCl2N2O3/c1-10-5-13(20)14(22)8-15(10)23-19(26)11-6-18(25)24(9-11)16-7-12(21)3-4-17(16)27-2/h3-5,7-8,11H,6,9H2,1-2H3,(H,23,26)/t11-/m0/s1. The number of hydrogen-bond acceptors (Lipinski definition) is 3. The Labute approximate surface area is 175 Å². The Kier molecular flexibility index (Phi) is 5.99. The molecule has 8 heteroatoms. The van der Waals surface area contributed by atoms with E-state index in [1.54, 1.807) is 24.3 Å². The molecule has 1 aliphatic heterocycles. The number of halogens is 3. The highest BCUT2D eigenvalue weighted by molar-refractivity contribution is 9.10. The summed E-state index contributed by atoms with van der Waals surface area (Å²) in [6.45, 7) is 2.13. The lowest BCUT2D eigenvalue weighted by atomic mass is 10.1. The fourth-order valence-corrected chi connectivity index (χ4v) is 3.79. The summed E-state index contributed by atoms with van der Waals surface area (Å²) in [7, 11) is 1.53. The molecule has 1 saturated heterocycles. The number of benzene rings is 2. The van der Waals surface area contributed by atoms with Crippen molar-refractivity contribution in [1.29, 1.82) is 0 Å². The number of carbonyl (C=O) groups is 2. The van der Waals surface area contributed by atoms with Crippen LogP contribution in [-0.4, -0.2) is 25.5 Å². The molecule has 2 amide bonds. The molecule has 1 heterocycles. The summed E-state index contributed by atoms with van der Waals surface area (Å²) in [6.07, 6.45) is 0.116. The van der Waals surface area contributed by atoms with Crippen LogP contribution in [0, 0.1) is 12.8 Å². The smallest absolute Gasteiger partial charge is 0.229 e. The quantitative estimate of drug-likeness (QED) is 0.677. The Morgan fingerprint density at radius 2 is 2.04 bits per heavy atom. The molecular formula is C19H17BrCl2N2O3. The molecule has 1 aliphatic rings. The van der Waals surface area contributed by atoms with Crippen molar-refractivity contribution in [2.45, 2.75) is 13.3 Å². The Balaban J connectivity index is 1.79. The van der Waals surface area contributed by atoms with Crippen LogP contribution in [0.1, 0.15) is 12.0 Å². The number of anilines is 2. The Hall–Kier alpha value is -1.76. The molecule has 0 unspecified atom stereocenters. The van der Waals surface area contributed by atoms with Gasteiger partial charge in [-0.05, 0) is 58.7 Å². The molecule has 0 saturated carbocycles. The van der Waals surface area contributed by atoms with E-state index < -0.39 is 5.92 Å². The fraction of sp³-hybridized carbons (Fsp3) is 0.263. The molecule has 0 bridgehead atoms. The predicted octanol–water partition coefficient (Wildman–Crippen LogP) is 5.06. The van der Waals surface area contributed by atoms with Crippen LogP contribution < -0.4 is 15.0 Å². The molecule has 0 radical (unpaired) electrons. The second kappa shape index (κ2) is 8.09. The van der Waals surface area contributed by atoms with Crippen molar-refractivity contribution in [2.24, 2.45) is 5.92 Å². The van der Waals surface area contributed by atoms with Crippen LogP contribution in [0.5, 0.6) is 5.75 Å². The van der Waals surface area contributed by atoms with Crippen LogP contribution in [0.25, 0.3) is 0 Å². The third-order valence-corrected chi connectivity index (χ3v) is 5.88. The largest absolute Gasteiger partial charge is 0.495 e. The van der Waals surface area contributed by atoms with Gasteiger partial charge in [-0.25, -0.2) is 0 Å². The van der Waals surface area contributed by atoms with Gasteiger partial charge in [-0.1, -0.05) is 23.2 Å². The van der Waals surface area contributed by atoms with Crippen molar-refractivity contribution in [2.75, 3.05) is 23.9 Å². The zero-order valence-corrected chi connectivity index (χ0v) is 17.8. The van der Waals surface area contributed by atoms with Gasteiger partial charge >= 0.3 is 0 Å². The molecule has 1 fully saturated rings. The summed E-state index contributed by atoms with van der Waals surface area (Å²) in [5.41, 5.74) is 2.06. The highest BCUT2D eigenvalue weighted by Crippen LogP contribution is 2.36. The molecule has 142 valence electrons. The number of ether oxygens (including phenoxy) is 1. The summed E-state index contributed by atoms with van der Waals surface area (Å²) in [4.78, 5) is 26.8. The van der Waals surface area contributed by atoms with E-state index in [0.717, 1.165) is 10.0 Å². The van der Waals surface area contributed by atoms with E-state index in [4.69, 9.17) is 27.9 Å². The molecule has 27 heavy (non-hydrogen) atoms. The number of rotatable bonds is 4. The minimum absolute atomic E-state index is 0.116. The molecule has 1 N–H and O–H groups in total. The van der Waals surface area contributed by atoms with Gasteiger partial charge in [-0.3, -0.25) is 9.59 Å². The Bertz CT molecular complexity index is 920. The van der Waals surface area contributed by atoms with Gasteiger partial charge in [-0.2, -0.15) is 0 Å². The van der Waals surface area contributed by atoms with Crippen molar-refractivity contribution in [3.8, 4) is 5.75 Å². The average Bonchev–Trinajstić information content (AvgIpc) is 3.01. The topological polar surface area (TPSA) is 58.6 Å². The lowest BCUT2D eigenvalue weighted by Crippen LogP contribution is -2.28. The predicted molar refractivity (Wildman–Crippen MR) is 111 cm³/mol. The minimum atomic E-state index is -0.483. The third-order valence-electron chi connectivity index (χ3n) is 4.45. The first kappa shape index (κ1) is 20.0. The first-order valence-electron chi connectivity index (χ1n) is 8.20. The monoisotopic (exact) mass is 470 g/mol. The Morgan fingerprint density at radius 1 is 1.30 bits per heavy atom. The lowest BCUT2D eigenvalue weighted by Gasteiger charge is -2.20. The molecule has 5 nitrogen and oxygen atoms in total. The van der Waals surface area contributed by atoms with Crippen molar-refractivity contribution in [3.63, 3.8) is 0 Å². The van der Waals surface area contributed by atoms with Crippen LogP contribution in [0.2, 0.25) is 10.0 Å². The maximum absolute atomic E-state index is 12.7. The maximum Gasteiger partial charge on any atom is 0.229 e. The van der Waals surface area contributed by atoms with Gasteiger partial charge < -0.3 is 15.0 Å². The summed E-state index contributed by atoms with van der Waals surface area (Å²) < 4.78 is 6.08. The molecule has 3 rings (SSSR count). The molecule has 2 aromatic rings. The van der Waals surface area contributed by atoms with Gasteiger partial charge in [0.15, 0.2) is 0 Å². The summed E-state index contributed by atoms with van der Waals surface area (Å²) in [6, 6.07) is 8.58. The van der Waals surface area contributed by atoms with Crippen molar-refractivity contribution in [3.05, 3.63) is 50.4 Å². The fourth-order valence-electron chi connectivity index (χ4n) is 3.01. The normalized spacial score (nSPS) is 16.6. The van der Waals surface area contributed by atoms with E-state index in [1.165, 1.54) is 12.0 Å². The van der Waals surface area contributed by atoms with Crippen LogP contribution >= 0.6 is 39.1 Å². The number of nitrogens with zero attached hydrogens (tertiary/aromatic N) is 1. The molecule has 2 aromatic carbocycles. The van der Waals surface area contributed by atoms with E-state index in [1.807, 2.05) is 13.0 Å². The molecule has 0 aliphatic carbocycles. The molecule has 1 atom stereocenters. The SMILES string of the molecule is COc1ccc(Cl)cc1N1C[C@@H](C(=O)Nc2cc(Cl)c(Br)cc2C)CC1=O. The highest BCUT2D eigenvalue weighted by atomic mass is 79.9. The summed E-state index contributed by atoms with van der Waals surface area (Å²) in [5, 5.41) is 3.87. The number of carbonyl (C=O) groups excluding carboxylic acids is 2. The number of methoxy groups -OCH3 is 1. The van der Waals surface area contributed by atoms with Crippen molar-refractivity contribution in [1.82, 2.24) is 0 Å². The zero-order chi connectivity index (χ0) is 19.7. The van der Waals surface area contributed by atoms with Gasteiger partial charge in [0, 0.05) is 28.1 Å². The summed E-state index contributed by atoms with van der Waals surface area (Å²) >= 11 is 15.5. The number of nitrogens with one attached hydrogen (secondary N) is 1. The Morgan fingerprint density at radius 3 is 2.74 bits per heavy atom. The zero-order valence-electron chi connectivity index (χ0n) is 14.7. The van der Waals surface area contributed by atoms with Gasteiger partial charge in [-0.15, -0.1) is 0 Å². The van der Waals surface area contributed by atoms with Crippen LogP contribution in [0.3, 0.4) is 0 Å². The second-order valence-corrected chi connectivity index (χ2v) is 7.99. The van der Waals surface area contributed by atoms with E-state index in [9.17, 15) is 9.59 Å². The van der Waals surface area contributed by atoms with E-state index >= 15 is 0 Å². The maximum atomic E-state index is 12.7. The number of amides is 2. The van der Waals surface area contributed by atoms with Gasteiger partial charge in [0.2, 0.25) is 11.8 Å². The van der Waals surface area contributed by atoms with Gasteiger partial charge in [0.1, 0.15) is 5.75 Å². The van der Waals surface area contributed by atoms with Crippen LogP contribution in [0.4, 0.5) is 11.4 Å². The van der Waals surface area contributed by atoms with Gasteiger partial charge in [0.05, 0.1) is 23.7 Å². The van der Waals surface area contributed by atoms with E-state index in [2.05, 4.69) is 21.2 Å². The lowest BCUT2D eigenvalue weighted by molar-refractivity contribution is -0.122. The third kappa shape index (κ3) is 4.23. The van der Waals surface area contributed by atoms with E-state index in [-0.39, 0.29) is 24.8 Å². The van der Waals surface area contributed by atoms with Crippen molar-refractivity contribution < 1.29 is 14.3 Å². The van der Waals surface area contributed by atoms with Gasteiger partial charge in [0.25, 0.3) is 0 Å². The number of aryl methyl sites for hydroxylation is 1. The van der Waals surface area contributed by atoms with Crippen LogP contribution in [0.15, 0.2) is 34.8 Å². The molecular weight excluding hydrogens is 455 g/mol. The summed E-state index contributed by atoms with van der Waals surface area (Å²) in [5.74, 6) is -0.332. The molecule has 0 aromatic heterocycles.